The number of nitrogens with one attached hydrogen (secondary N) is 2. The first-order valence-electron chi connectivity index (χ1n) is 12.8. The maximum absolute atomic E-state index is 14.5. The van der Waals surface area contributed by atoms with Crippen molar-refractivity contribution in [2.45, 2.75) is 50.6 Å². The second-order valence-electron chi connectivity index (χ2n) is 9.88. The van der Waals surface area contributed by atoms with Crippen molar-refractivity contribution in [3.05, 3.63) is 35.8 Å². The van der Waals surface area contributed by atoms with E-state index in [9.17, 15) is 22.8 Å². The molecular formula is C25H29F3N8O3. The van der Waals surface area contributed by atoms with Crippen molar-refractivity contribution in [3.8, 4) is 0 Å². The summed E-state index contributed by atoms with van der Waals surface area (Å²) in [6.45, 7) is 1.01. The van der Waals surface area contributed by atoms with Crippen LogP contribution in [-0.2, 0) is 9.53 Å². The number of nitrogens with zero attached hydrogens (tertiary/aromatic N) is 5. The highest BCUT2D eigenvalue weighted by Gasteiger charge is 2.30. The van der Waals surface area contributed by atoms with Gasteiger partial charge >= 0.3 is 6.09 Å². The Morgan fingerprint density at radius 1 is 1.08 bits per heavy atom. The largest absolute Gasteiger partial charge is 0.453 e. The van der Waals surface area contributed by atoms with E-state index in [1.54, 1.807) is 9.47 Å². The molecular weight excluding hydrogens is 517 g/mol. The van der Waals surface area contributed by atoms with Crippen LogP contribution in [-0.4, -0.2) is 62.7 Å². The summed E-state index contributed by atoms with van der Waals surface area (Å²) in [5.74, 6) is -3.46. The molecule has 1 aliphatic carbocycles. The van der Waals surface area contributed by atoms with Gasteiger partial charge in [0.2, 0.25) is 17.8 Å². The van der Waals surface area contributed by atoms with Gasteiger partial charge in [-0.15, -0.1) is 0 Å². The van der Waals surface area contributed by atoms with Crippen LogP contribution in [0, 0.1) is 23.4 Å². The number of rotatable bonds is 6. The molecule has 1 saturated carbocycles. The molecule has 39 heavy (non-hydrogen) atoms. The number of methoxy groups -OCH3 is 1. The zero-order chi connectivity index (χ0) is 27.7. The second-order valence-corrected chi connectivity index (χ2v) is 9.88. The summed E-state index contributed by atoms with van der Waals surface area (Å²) >= 11 is 0. The van der Waals surface area contributed by atoms with E-state index in [1.165, 1.54) is 13.3 Å². The number of likely N-dealkylation sites (tertiary alicyclic amines) is 1. The fourth-order valence-electron chi connectivity index (χ4n) is 5.36. The molecule has 3 aromatic rings. The number of imidazole rings is 1. The average molecular weight is 547 g/mol. The van der Waals surface area contributed by atoms with Gasteiger partial charge in [0, 0.05) is 43.2 Å². The van der Waals surface area contributed by atoms with E-state index >= 15 is 0 Å². The van der Waals surface area contributed by atoms with Gasteiger partial charge in [-0.25, -0.2) is 27.9 Å². The van der Waals surface area contributed by atoms with E-state index in [-0.39, 0.29) is 29.9 Å². The number of halogens is 3. The fourth-order valence-corrected chi connectivity index (χ4v) is 5.36. The fraction of sp³-hybridized carbons (Fsp3) is 0.480. The number of anilines is 3. The topological polar surface area (TPSA) is 140 Å². The molecule has 1 atom stereocenters. The lowest BCUT2D eigenvalue weighted by Crippen LogP contribution is -2.45. The Balaban J connectivity index is 1.48. The predicted molar refractivity (Wildman–Crippen MR) is 136 cm³/mol. The number of nitrogens with two attached hydrogens (primary N) is 1. The maximum Gasteiger partial charge on any atom is 0.409 e. The Morgan fingerprint density at radius 3 is 2.46 bits per heavy atom. The minimum atomic E-state index is -1.11. The van der Waals surface area contributed by atoms with Crippen molar-refractivity contribution in [1.82, 2.24) is 24.4 Å². The average Bonchev–Trinajstić information content (AvgIpc) is 3.27. The molecule has 2 amide bonds. The van der Waals surface area contributed by atoms with Crippen LogP contribution in [0.15, 0.2) is 18.3 Å². The van der Waals surface area contributed by atoms with Gasteiger partial charge in [-0.05, 0) is 38.5 Å². The Morgan fingerprint density at radius 2 is 1.79 bits per heavy atom. The smallest absolute Gasteiger partial charge is 0.409 e. The Kier molecular flexibility index (Phi) is 7.44. The van der Waals surface area contributed by atoms with Gasteiger partial charge in [0.15, 0.2) is 17.3 Å². The van der Waals surface area contributed by atoms with E-state index in [0.29, 0.717) is 68.0 Å². The molecule has 4 N–H and O–H groups in total. The van der Waals surface area contributed by atoms with E-state index in [4.69, 9.17) is 10.5 Å². The van der Waals surface area contributed by atoms with E-state index < -0.39 is 29.2 Å². The first-order chi connectivity index (χ1) is 18.7. The standard InChI is InChI=1S/C25H29F3N8O3/c1-39-25(38)35-8-2-3-15(12-35)31-23-30-11-19-22(34-23)36(16-6-4-13(5-7-16)21(29)37)24(32-19)33-20-17(27)9-14(26)10-18(20)28/h9-11,13,15-16H,2-8,12H2,1H3,(H2,29,37)(H,32,33)(H,30,31,34)/t13-,15?,16+. The van der Waals surface area contributed by atoms with Crippen LogP contribution in [0.3, 0.4) is 0 Å². The molecule has 1 saturated heterocycles. The molecule has 3 heterocycles. The van der Waals surface area contributed by atoms with Crippen molar-refractivity contribution < 1.29 is 27.5 Å². The van der Waals surface area contributed by atoms with Gasteiger partial charge in [-0.1, -0.05) is 0 Å². The van der Waals surface area contributed by atoms with E-state index in [0.717, 1.165) is 12.8 Å². The van der Waals surface area contributed by atoms with Crippen molar-refractivity contribution in [2.24, 2.45) is 11.7 Å². The zero-order valence-corrected chi connectivity index (χ0v) is 21.3. The van der Waals surface area contributed by atoms with E-state index in [1.807, 2.05) is 0 Å². The Labute approximate surface area is 221 Å². The summed E-state index contributed by atoms with van der Waals surface area (Å²) in [7, 11) is 1.34. The molecule has 14 heteroatoms. The van der Waals surface area contributed by atoms with Gasteiger partial charge < -0.3 is 26.0 Å². The number of carbonyl (C=O) groups excluding carboxylic acids is 2. The third-order valence-corrected chi connectivity index (χ3v) is 7.33. The molecule has 0 bridgehead atoms. The summed E-state index contributed by atoms with van der Waals surface area (Å²) in [6.07, 6.45) is 4.87. The number of hydrogen-bond acceptors (Lipinski definition) is 8. The highest BCUT2D eigenvalue weighted by molar-refractivity contribution is 5.78. The van der Waals surface area contributed by atoms with Crippen LogP contribution in [0.25, 0.3) is 11.2 Å². The lowest BCUT2D eigenvalue weighted by Gasteiger charge is -2.32. The van der Waals surface area contributed by atoms with Crippen LogP contribution in [0.1, 0.15) is 44.6 Å². The van der Waals surface area contributed by atoms with Crippen molar-refractivity contribution in [1.29, 1.82) is 0 Å². The molecule has 1 unspecified atom stereocenters. The first-order valence-corrected chi connectivity index (χ1v) is 12.8. The number of aromatic nitrogens is 4. The SMILES string of the molecule is COC(=O)N1CCCC(Nc2ncc3nc(Nc4c(F)cc(F)cc4F)n([C@H]4CC[C@@H](C(N)=O)CC4)c3n2)C1. The van der Waals surface area contributed by atoms with Gasteiger partial charge in [0.25, 0.3) is 0 Å². The summed E-state index contributed by atoms with van der Waals surface area (Å²) in [6, 6.07) is 0.852. The number of piperidine rings is 1. The van der Waals surface area contributed by atoms with Gasteiger partial charge in [0.05, 0.1) is 13.3 Å². The molecule has 11 nitrogen and oxygen atoms in total. The van der Waals surface area contributed by atoms with Crippen molar-refractivity contribution in [3.63, 3.8) is 0 Å². The van der Waals surface area contributed by atoms with Crippen LogP contribution in [0.5, 0.6) is 0 Å². The Bertz CT molecular complexity index is 1370. The van der Waals surface area contributed by atoms with Gasteiger partial charge in [-0.3, -0.25) is 9.36 Å². The third kappa shape index (κ3) is 5.54. The number of benzene rings is 1. The van der Waals surface area contributed by atoms with Crippen LogP contribution >= 0.6 is 0 Å². The molecule has 0 spiro atoms. The molecule has 2 aliphatic rings. The molecule has 208 valence electrons. The molecule has 0 radical (unpaired) electrons. The number of primary amides is 1. The monoisotopic (exact) mass is 546 g/mol. The number of amides is 2. The lowest BCUT2D eigenvalue weighted by molar-refractivity contribution is -0.122. The zero-order valence-electron chi connectivity index (χ0n) is 21.3. The van der Waals surface area contributed by atoms with Crippen LogP contribution in [0.2, 0.25) is 0 Å². The molecule has 1 aliphatic heterocycles. The normalized spacial score (nSPS) is 21.5. The van der Waals surface area contributed by atoms with Crippen LogP contribution < -0.4 is 16.4 Å². The number of hydrogen-bond donors (Lipinski definition) is 3. The third-order valence-electron chi connectivity index (χ3n) is 7.33. The number of ether oxygens (including phenoxy) is 1. The summed E-state index contributed by atoms with van der Waals surface area (Å²) in [5, 5.41) is 5.94. The molecule has 2 fully saturated rings. The van der Waals surface area contributed by atoms with E-state index in [2.05, 4.69) is 25.6 Å². The lowest BCUT2D eigenvalue weighted by atomic mass is 9.85. The first kappa shape index (κ1) is 26.5. The quantitative estimate of drug-likeness (QED) is 0.424. The highest BCUT2D eigenvalue weighted by atomic mass is 19.1. The molecule has 5 rings (SSSR count). The number of fused-ring (bicyclic) bond motifs is 1. The maximum atomic E-state index is 14.5. The summed E-state index contributed by atoms with van der Waals surface area (Å²) in [5.41, 5.74) is 5.75. The van der Waals surface area contributed by atoms with Crippen LogP contribution in [0.4, 0.5) is 35.5 Å². The molecule has 1 aromatic carbocycles. The van der Waals surface area contributed by atoms with Crippen molar-refractivity contribution >= 4 is 40.7 Å². The second kappa shape index (κ2) is 10.9. The minimum absolute atomic E-state index is 0.109. The highest BCUT2D eigenvalue weighted by Crippen LogP contribution is 2.37. The van der Waals surface area contributed by atoms with Gasteiger partial charge in [-0.2, -0.15) is 4.98 Å². The summed E-state index contributed by atoms with van der Waals surface area (Å²) in [4.78, 5) is 38.8. The van der Waals surface area contributed by atoms with Gasteiger partial charge in [0.1, 0.15) is 17.0 Å². The number of carbonyl (C=O) groups is 2. The summed E-state index contributed by atoms with van der Waals surface area (Å²) < 4.78 is 49.1. The Hall–Kier alpha value is -4.10. The molecule has 2 aromatic heterocycles. The predicted octanol–water partition coefficient (Wildman–Crippen LogP) is 3.85. The minimum Gasteiger partial charge on any atom is -0.453 e. The van der Waals surface area contributed by atoms with Crippen molar-refractivity contribution in [2.75, 3.05) is 30.8 Å².